The van der Waals surface area contributed by atoms with Gasteiger partial charge in [0.05, 0.1) is 25.2 Å². The molecule has 0 aliphatic carbocycles. The summed E-state index contributed by atoms with van der Waals surface area (Å²) in [4.78, 5) is 13.9. The predicted molar refractivity (Wildman–Crippen MR) is 73.1 cm³/mol. The molecule has 2 unspecified atom stereocenters. The van der Waals surface area contributed by atoms with Gasteiger partial charge in [0.1, 0.15) is 5.75 Å². The molecule has 1 amide bonds. The van der Waals surface area contributed by atoms with Gasteiger partial charge in [-0.3, -0.25) is 4.79 Å². The molecule has 4 heteroatoms. The first-order chi connectivity index (χ1) is 9.15. The van der Waals surface area contributed by atoms with Gasteiger partial charge in [-0.1, -0.05) is 18.2 Å². The largest absolute Gasteiger partial charge is 0.493 e. The van der Waals surface area contributed by atoms with Crippen LogP contribution in [-0.2, 0) is 9.53 Å². The van der Waals surface area contributed by atoms with E-state index in [1.165, 1.54) is 0 Å². The molecule has 1 heterocycles. The maximum atomic E-state index is 12.1. The van der Waals surface area contributed by atoms with E-state index in [9.17, 15) is 4.79 Å². The first-order valence-electron chi connectivity index (χ1n) is 6.76. The lowest BCUT2D eigenvalue weighted by Crippen LogP contribution is -2.48. The smallest absolute Gasteiger partial charge is 0.226 e. The summed E-state index contributed by atoms with van der Waals surface area (Å²) in [6.07, 6.45) is 0.638. The molecule has 1 saturated heterocycles. The summed E-state index contributed by atoms with van der Waals surface area (Å²) in [6.45, 7) is 5.76. The van der Waals surface area contributed by atoms with Crippen LogP contribution in [0.1, 0.15) is 20.3 Å². The van der Waals surface area contributed by atoms with Crippen molar-refractivity contribution in [3.63, 3.8) is 0 Å². The molecule has 4 nitrogen and oxygen atoms in total. The van der Waals surface area contributed by atoms with Gasteiger partial charge in [-0.15, -0.1) is 0 Å². The summed E-state index contributed by atoms with van der Waals surface area (Å²) in [5, 5.41) is 0. The Morgan fingerprint density at radius 2 is 1.89 bits per heavy atom. The number of amides is 1. The highest BCUT2D eigenvalue weighted by atomic mass is 16.5. The Labute approximate surface area is 114 Å². The fourth-order valence-corrected chi connectivity index (χ4v) is 2.31. The van der Waals surface area contributed by atoms with E-state index >= 15 is 0 Å². The molecule has 1 aromatic rings. The Hall–Kier alpha value is -1.55. The van der Waals surface area contributed by atoms with Crippen molar-refractivity contribution < 1.29 is 14.3 Å². The van der Waals surface area contributed by atoms with Gasteiger partial charge in [-0.25, -0.2) is 0 Å². The Morgan fingerprint density at radius 3 is 2.53 bits per heavy atom. The summed E-state index contributed by atoms with van der Waals surface area (Å²) in [5.41, 5.74) is 0. The molecule has 1 aliphatic heterocycles. The van der Waals surface area contributed by atoms with Gasteiger partial charge in [0, 0.05) is 13.1 Å². The van der Waals surface area contributed by atoms with E-state index in [-0.39, 0.29) is 18.1 Å². The number of morpholine rings is 1. The number of hydrogen-bond donors (Lipinski definition) is 0. The van der Waals surface area contributed by atoms with Gasteiger partial charge in [-0.05, 0) is 26.0 Å². The molecule has 19 heavy (non-hydrogen) atoms. The fourth-order valence-electron chi connectivity index (χ4n) is 2.31. The lowest BCUT2D eigenvalue weighted by Gasteiger charge is -2.35. The van der Waals surface area contributed by atoms with E-state index in [4.69, 9.17) is 9.47 Å². The molecule has 0 radical (unpaired) electrons. The third-order valence-electron chi connectivity index (χ3n) is 3.10. The minimum Gasteiger partial charge on any atom is -0.493 e. The fraction of sp³-hybridized carbons (Fsp3) is 0.533. The van der Waals surface area contributed by atoms with Gasteiger partial charge in [0.2, 0.25) is 5.91 Å². The van der Waals surface area contributed by atoms with Crippen LogP contribution in [0.3, 0.4) is 0 Å². The molecule has 0 bridgehead atoms. The Kier molecular flexibility index (Phi) is 4.80. The van der Waals surface area contributed by atoms with Crippen LogP contribution in [0.15, 0.2) is 30.3 Å². The minimum absolute atomic E-state index is 0.114. The molecule has 104 valence electrons. The van der Waals surface area contributed by atoms with Crippen molar-refractivity contribution in [1.82, 2.24) is 4.90 Å². The van der Waals surface area contributed by atoms with Crippen LogP contribution >= 0.6 is 0 Å². The maximum Gasteiger partial charge on any atom is 0.226 e. The zero-order valence-electron chi connectivity index (χ0n) is 11.5. The number of carbonyl (C=O) groups is 1. The molecular formula is C15H21NO3. The Balaban J connectivity index is 1.75. The minimum atomic E-state index is 0.114. The lowest BCUT2D eigenvalue weighted by atomic mass is 10.2. The van der Waals surface area contributed by atoms with Gasteiger partial charge in [0.15, 0.2) is 0 Å². The topological polar surface area (TPSA) is 38.8 Å². The first-order valence-corrected chi connectivity index (χ1v) is 6.76. The van der Waals surface area contributed by atoms with Gasteiger partial charge < -0.3 is 14.4 Å². The van der Waals surface area contributed by atoms with Crippen molar-refractivity contribution in [2.45, 2.75) is 32.5 Å². The number of hydrogen-bond acceptors (Lipinski definition) is 3. The summed E-state index contributed by atoms with van der Waals surface area (Å²) < 4.78 is 11.2. The van der Waals surface area contributed by atoms with E-state index in [1.54, 1.807) is 0 Å². The second-order valence-electron chi connectivity index (χ2n) is 4.97. The zero-order valence-corrected chi connectivity index (χ0v) is 11.5. The normalized spacial score (nSPS) is 23.2. The third kappa shape index (κ3) is 4.24. The lowest BCUT2D eigenvalue weighted by molar-refractivity contribution is -0.143. The summed E-state index contributed by atoms with van der Waals surface area (Å²) in [6, 6.07) is 9.56. The number of rotatable bonds is 4. The van der Waals surface area contributed by atoms with Crippen LogP contribution in [0.5, 0.6) is 5.75 Å². The van der Waals surface area contributed by atoms with Gasteiger partial charge >= 0.3 is 0 Å². The van der Waals surface area contributed by atoms with Gasteiger partial charge in [0.25, 0.3) is 0 Å². The summed E-state index contributed by atoms with van der Waals surface area (Å²) in [5.74, 6) is 0.942. The van der Waals surface area contributed by atoms with Crippen molar-refractivity contribution in [1.29, 1.82) is 0 Å². The molecule has 0 saturated carbocycles. The standard InChI is InChI=1S/C15H21NO3/c1-12-10-16(11-13(2)19-12)15(17)8-9-18-14-6-4-3-5-7-14/h3-7,12-13H,8-11H2,1-2H3. The maximum absolute atomic E-state index is 12.1. The van der Waals surface area contributed by atoms with Crippen molar-refractivity contribution in [3.05, 3.63) is 30.3 Å². The molecule has 1 aromatic carbocycles. The molecule has 2 rings (SSSR count). The average Bonchev–Trinajstić information content (AvgIpc) is 2.38. The van der Waals surface area contributed by atoms with Crippen LogP contribution < -0.4 is 4.74 Å². The van der Waals surface area contributed by atoms with E-state index in [1.807, 2.05) is 49.1 Å². The van der Waals surface area contributed by atoms with Crippen LogP contribution in [0.4, 0.5) is 0 Å². The second kappa shape index (κ2) is 6.57. The predicted octanol–water partition coefficient (Wildman–Crippen LogP) is 2.09. The van der Waals surface area contributed by atoms with E-state index in [0.717, 1.165) is 5.75 Å². The van der Waals surface area contributed by atoms with Crippen LogP contribution in [0.2, 0.25) is 0 Å². The highest BCUT2D eigenvalue weighted by Crippen LogP contribution is 2.13. The molecule has 0 aromatic heterocycles. The second-order valence-corrected chi connectivity index (χ2v) is 4.97. The Bertz CT molecular complexity index is 397. The van der Waals surface area contributed by atoms with Crippen molar-refractivity contribution >= 4 is 5.91 Å². The molecule has 0 spiro atoms. The number of para-hydroxylation sites is 1. The van der Waals surface area contributed by atoms with Crippen LogP contribution in [0.25, 0.3) is 0 Å². The van der Waals surface area contributed by atoms with Crippen molar-refractivity contribution in [2.24, 2.45) is 0 Å². The number of ether oxygens (including phenoxy) is 2. The Morgan fingerprint density at radius 1 is 1.26 bits per heavy atom. The third-order valence-corrected chi connectivity index (χ3v) is 3.10. The first kappa shape index (κ1) is 13.9. The van der Waals surface area contributed by atoms with E-state index in [0.29, 0.717) is 26.1 Å². The monoisotopic (exact) mass is 263 g/mol. The zero-order chi connectivity index (χ0) is 13.7. The van der Waals surface area contributed by atoms with Crippen LogP contribution in [0, 0.1) is 0 Å². The van der Waals surface area contributed by atoms with Crippen molar-refractivity contribution in [3.8, 4) is 5.75 Å². The van der Waals surface area contributed by atoms with Crippen LogP contribution in [-0.4, -0.2) is 42.7 Å². The number of carbonyl (C=O) groups excluding carboxylic acids is 1. The van der Waals surface area contributed by atoms with E-state index < -0.39 is 0 Å². The van der Waals surface area contributed by atoms with Gasteiger partial charge in [-0.2, -0.15) is 0 Å². The SMILES string of the molecule is CC1CN(C(=O)CCOc2ccccc2)CC(C)O1. The summed E-state index contributed by atoms with van der Waals surface area (Å²) in [7, 11) is 0. The number of nitrogens with zero attached hydrogens (tertiary/aromatic N) is 1. The molecule has 1 fully saturated rings. The average molecular weight is 263 g/mol. The highest BCUT2D eigenvalue weighted by Gasteiger charge is 2.25. The van der Waals surface area contributed by atoms with Crippen molar-refractivity contribution in [2.75, 3.05) is 19.7 Å². The molecule has 0 N–H and O–H groups in total. The molecule has 2 atom stereocenters. The van der Waals surface area contributed by atoms with E-state index in [2.05, 4.69) is 0 Å². The number of benzene rings is 1. The molecule has 1 aliphatic rings. The molecular weight excluding hydrogens is 242 g/mol. The quantitative estimate of drug-likeness (QED) is 0.835. The summed E-state index contributed by atoms with van der Waals surface area (Å²) >= 11 is 0. The highest BCUT2D eigenvalue weighted by molar-refractivity contribution is 5.76.